The highest BCUT2D eigenvalue weighted by Crippen LogP contribution is 2.10. The number of carbonyl (C=O) groups is 1. The van der Waals surface area contributed by atoms with Crippen molar-refractivity contribution in [1.82, 2.24) is 10.4 Å². The minimum absolute atomic E-state index is 0.157. The summed E-state index contributed by atoms with van der Waals surface area (Å²) in [5.74, 6) is -0.361. The van der Waals surface area contributed by atoms with Gasteiger partial charge in [0.25, 0.3) is 5.91 Å². The number of carbonyl (C=O) groups excluding carboxylic acids is 1. The predicted octanol–water partition coefficient (Wildman–Crippen LogP) is 2.38. The van der Waals surface area contributed by atoms with E-state index in [9.17, 15) is 4.79 Å². The molecule has 0 radical (unpaired) electrons. The van der Waals surface area contributed by atoms with Crippen molar-refractivity contribution >= 4 is 23.2 Å². The average Bonchev–Trinajstić information content (AvgIpc) is 2.53. The first kappa shape index (κ1) is 15.2. The van der Waals surface area contributed by atoms with Crippen LogP contribution in [0.5, 0.6) is 0 Å². The van der Waals surface area contributed by atoms with Gasteiger partial charge in [-0.25, -0.2) is 5.43 Å². The zero-order valence-electron chi connectivity index (χ0n) is 11.4. The summed E-state index contributed by atoms with van der Waals surface area (Å²) in [5, 5.41) is 13.6. The smallest absolute Gasteiger partial charge is 0.272 e. The van der Waals surface area contributed by atoms with Gasteiger partial charge in [0.15, 0.2) is 0 Å². The fraction of sp³-hybridized carbons (Fsp3) is 0.133. The van der Waals surface area contributed by atoms with Crippen LogP contribution < -0.4 is 5.43 Å². The number of amides is 1. The fourth-order valence-corrected chi connectivity index (χ4v) is 1.73. The van der Waals surface area contributed by atoms with Gasteiger partial charge in [-0.15, -0.1) is 0 Å². The van der Waals surface area contributed by atoms with Gasteiger partial charge in [0.2, 0.25) is 0 Å². The molecule has 0 atom stereocenters. The molecule has 0 bridgehead atoms. The zero-order chi connectivity index (χ0) is 15.2. The second-order valence-corrected chi connectivity index (χ2v) is 4.78. The molecule has 2 rings (SSSR count). The number of aliphatic hydroxyl groups excluding tert-OH is 1. The van der Waals surface area contributed by atoms with Crippen LogP contribution >= 0.6 is 11.6 Å². The van der Waals surface area contributed by atoms with E-state index in [-0.39, 0.29) is 12.5 Å². The maximum atomic E-state index is 11.9. The third-order valence-electron chi connectivity index (χ3n) is 2.84. The summed E-state index contributed by atoms with van der Waals surface area (Å²) < 4.78 is 0. The molecule has 0 saturated carbocycles. The summed E-state index contributed by atoms with van der Waals surface area (Å²) in [6.45, 7) is 1.63. The van der Waals surface area contributed by atoms with Crippen molar-refractivity contribution < 1.29 is 9.90 Å². The molecule has 0 saturated heterocycles. The van der Waals surface area contributed by atoms with E-state index in [1.165, 1.54) is 6.20 Å². The van der Waals surface area contributed by atoms with E-state index in [0.29, 0.717) is 22.0 Å². The van der Waals surface area contributed by atoms with Gasteiger partial charge in [0.1, 0.15) is 0 Å². The minimum atomic E-state index is -0.361. The van der Waals surface area contributed by atoms with Crippen LogP contribution in [-0.4, -0.2) is 21.7 Å². The van der Waals surface area contributed by atoms with Crippen molar-refractivity contribution in [3.63, 3.8) is 0 Å². The highest BCUT2D eigenvalue weighted by Gasteiger charge is 2.05. The highest BCUT2D eigenvalue weighted by atomic mass is 35.5. The Morgan fingerprint density at radius 2 is 1.90 bits per heavy atom. The number of rotatable bonds is 4. The first-order chi connectivity index (χ1) is 10.1. The van der Waals surface area contributed by atoms with Crippen molar-refractivity contribution in [2.75, 3.05) is 0 Å². The molecular weight excluding hydrogens is 290 g/mol. The summed E-state index contributed by atoms with van der Waals surface area (Å²) in [4.78, 5) is 15.8. The monoisotopic (exact) mass is 303 g/mol. The maximum absolute atomic E-state index is 11.9. The third-order valence-corrected chi connectivity index (χ3v) is 3.09. The Bertz CT molecular complexity index is 652. The predicted molar refractivity (Wildman–Crippen MR) is 81.3 cm³/mol. The Morgan fingerprint density at radius 1 is 1.24 bits per heavy atom. The van der Waals surface area contributed by atoms with E-state index in [1.54, 1.807) is 31.2 Å². The van der Waals surface area contributed by atoms with E-state index in [2.05, 4.69) is 15.5 Å². The van der Waals surface area contributed by atoms with E-state index in [0.717, 1.165) is 5.56 Å². The van der Waals surface area contributed by atoms with Gasteiger partial charge in [-0.2, -0.15) is 5.10 Å². The summed E-state index contributed by atoms with van der Waals surface area (Å²) in [6.07, 6.45) is 1.40. The van der Waals surface area contributed by atoms with E-state index >= 15 is 0 Å². The van der Waals surface area contributed by atoms with Crippen molar-refractivity contribution in [3.8, 4) is 0 Å². The molecular formula is C15H14ClN3O2. The Morgan fingerprint density at radius 3 is 2.48 bits per heavy atom. The standard InChI is InChI=1S/C15H14ClN3O2/c1-10(11-2-5-13(16)6-3-11)18-19-15(21)12-4-7-14(9-20)17-8-12/h2-8,20H,9H2,1H3,(H,19,21)/b18-10+. The van der Waals surface area contributed by atoms with Crippen LogP contribution in [0.4, 0.5) is 0 Å². The minimum Gasteiger partial charge on any atom is -0.390 e. The van der Waals surface area contributed by atoms with Crippen LogP contribution in [0.15, 0.2) is 47.7 Å². The topological polar surface area (TPSA) is 74.6 Å². The molecule has 0 aliphatic carbocycles. The Kier molecular flexibility index (Phi) is 5.03. The SMILES string of the molecule is C/C(=N\NC(=O)c1ccc(CO)nc1)c1ccc(Cl)cc1. The van der Waals surface area contributed by atoms with Crippen LogP contribution in [0.1, 0.15) is 28.5 Å². The first-order valence-electron chi connectivity index (χ1n) is 6.26. The van der Waals surface area contributed by atoms with E-state index in [1.807, 2.05) is 12.1 Å². The summed E-state index contributed by atoms with van der Waals surface area (Å²) >= 11 is 5.81. The summed E-state index contributed by atoms with van der Waals surface area (Å²) in [5.41, 5.74) is 4.88. The highest BCUT2D eigenvalue weighted by molar-refractivity contribution is 6.30. The van der Waals surface area contributed by atoms with Crippen LogP contribution in [0.25, 0.3) is 0 Å². The number of aromatic nitrogens is 1. The van der Waals surface area contributed by atoms with E-state index < -0.39 is 0 Å². The number of nitrogens with one attached hydrogen (secondary N) is 1. The van der Waals surface area contributed by atoms with Crippen molar-refractivity contribution in [2.45, 2.75) is 13.5 Å². The molecule has 1 heterocycles. The lowest BCUT2D eigenvalue weighted by atomic mass is 10.1. The number of hydrazone groups is 1. The molecule has 1 aromatic carbocycles. The zero-order valence-corrected chi connectivity index (χ0v) is 12.1. The van der Waals surface area contributed by atoms with Gasteiger partial charge in [-0.3, -0.25) is 9.78 Å². The third kappa shape index (κ3) is 4.11. The largest absolute Gasteiger partial charge is 0.390 e. The molecule has 0 aliphatic heterocycles. The molecule has 2 N–H and O–H groups in total. The molecule has 1 aromatic heterocycles. The molecule has 0 spiro atoms. The number of pyridine rings is 1. The van der Waals surface area contributed by atoms with Crippen LogP contribution in [0.3, 0.4) is 0 Å². The lowest BCUT2D eigenvalue weighted by Crippen LogP contribution is -2.19. The normalized spacial score (nSPS) is 11.3. The Balaban J connectivity index is 2.04. The van der Waals surface area contributed by atoms with Gasteiger partial charge in [0.05, 0.1) is 23.6 Å². The van der Waals surface area contributed by atoms with Gasteiger partial charge >= 0.3 is 0 Å². The molecule has 0 fully saturated rings. The molecule has 21 heavy (non-hydrogen) atoms. The molecule has 0 aliphatic rings. The lowest BCUT2D eigenvalue weighted by molar-refractivity contribution is 0.0954. The summed E-state index contributed by atoms with van der Waals surface area (Å²) in [6, 6.07) is 10.3. The van der Waals surface area contributed by atoms with E-state index in [4.69, 9.17) is 16.7 Å². The van der Waals surface area contributed by atoms with Crippen molar-refractivity contribution in [2.24, 2.45) is 5.10 Å². The molecule has 1 amide bonds. The maximum Gasteiger partial charge on any atom is 0.272 e. The molecule has 6 heteroatoms. The molecule has 0 unspecified atom stereocenters. The Hall–Kier alpha value is -2.24. The number of aliphatic hydroxyl groups is 1. The fourth-order valence-electron chi connectivity index (χ4n) is 1.61. The molecule has 5 nitrogen and oxygen atoms in total. The van der Waals surface area contributed by atoms with Gasteiger partial charge in [-0.1, -0.05) is 23.7 Å². The van der Waals surface area contributed by atoms with Crippen LogP contribution in [0.2, 0.25) is 5.02 Å². The Labute approximate surface area is 127 Å². The van der Waals surface area contributed by atoms with Gasteiger partial charge in [-0.05, 0) is 36.8 Å². The number of benzene rings is 1. The van der Waals surface area contributed by atoms with Crippen molar-refractivity contribution in [1.29, 1.82) is 0 Å². The van der Waals surface area contributed by atoms with Crippen LogP contribution in [-0.2, 0) is 6.61 Å². The average molecular weight is 304 g/mol. The number of nitrogens with zero attached hydrogens (tertiary/aromatic N) is 2. The van der Waals surface area contributed by atoms with Crippen LogP contribution in [0, 0.1) is 0 Å². The van der Waals surface area contributed by atoms with Gasteiger partial charge in [0, 0.05) is 11.2 Å². The quantitative estimate of drug-likeness (QED) is 0.672. The van der Waals surface area contributed by atoms with Gasteiger partial charge < -0.3 is 5.11 Å². The lowest BCUT2D eigenvalue weighted by Gasteiger charge is -2.03. The van der Waals surface area contributed by atoms with Crippen molar-refractivity contribution in [3.05, 3.63) is 64.4 Å². The number of hydrogen-bond donors (Lipinski definition) is 2. The second-order valence-electron chi connectivity index (χ2n) is 4.34. The molecule has 2 aromatic rings. The summed E-state index contributed by atoms with van der Waals surface area (Å²) in [7, 11) is 0. The number of hydrogen-bond acceptors (Lipinski definition) is 4. The molecule has 108 valence electrons. The first-order valence-corrected chi connectivity index (χ1v) is 6.64. The second kappa shape index (κ2) is 6.97. The number of halogens is 1.